The highest BCUT2D eigenvalue weighted by Gasteiger charge is 2.33. The number of hydrogen-bond donors (Lipinski definition) is 1. The van der Waals surface area contributed by atoms with Crippen molar-refractivity contribution in [2.45, 2.75) is 70.3 Å². The quantitative estimate of drug-likeness (QED) is 0.825. The second kappa shape index (κ2) is 9.77. The largest absolute Gasteiger partial charge is 0.339 e. The average molecular weight is 372 g/mol. The summed E-state index contributed by atoms with van der Waals surface area (Å²) >= 11 is 0. The summed E-state index contributed by atoms with van der Waals surface area (Å²) in [4.78, 5) is 28.9. The van der Waals surface area contributed by atoms with Crippen molar-refractivity contribution in [1.82, 2.24) is 9.80 Å². The van der Waals surface area contributed by atoms with Crippen LogP contribution < -0.4 is 5.73 Å². The minimum absolute atomic E-state index is 0. The maximum absolute atomic E-state index is 12.5. The number of nitrogens with zero attached hydrogens (tertiary/aromatic N) is 2. The Morgan fingerprint density at radius 2 is 1.52 bits per heavy atom. The zero-order valence-electron chi connectivity index (χ0n) is 15.3. The Morgan fingerprint density at radius 3 is 2.12 bits per heavy atom. The fourth-order valence-electron chi connectivity index (χ4n) is 4.64. The van der Waals surface area contributed by atoms with Crippen LogP contribution in [0.1, 0.15) is 64.2 Å². The molecule has 2 aliphatic carbocycles. The van der Waals surface area contributed by atoms with Crippen LogP contribution in [0.25, 0.3) is 0 Å². The van der Waals surface area contributed by atoms with Gasteiger partial charge in [0.15, 0.2) is 0 Å². The fraction of sp³-hybridized carbons (Fsp3) is 0.895. The third-order valence-electron chi connectivity index (χ3n) is 6.26. The lowest BCUT2D eigenvalue weighted by atomic mass is 9.86. The molecule has 0 spiro atoms. The van der Waals surface area contributed by atoms with Crippen molar-refractivity contribution < 1.29 is 9.59 Å². The molecule has 3 fully saturated rings. The van der Waals surface area contributed by atoms with Gasteiger partial charge in [-0.05, 0) is 31.6 Å². The van der Waals surface area contributed by atoms with Crippen LogP contribution in [0.5, 0.6) is 0 Å². The molecular formula is C19H34ClN3O2. The summed E-state index contributed by atoms with van der Waals surface area (Å²) in [6.45, 7) is 2.79. The molecular weight excluding hydrogens is 338 g/mol. The van der Waals surface area contributed by atoms with Crippen LogP contribution in [0.3, 0.4) is 0 Å². The van der Waals surface area contributed by atoms with Gasteiger partial charge in [-0.15, -0.1) is 12.4 Å². The summed E-state index contributed by atoms with van der Waals surface area (Å²) in [6.07, 6.45) is 11.1. The van der Waals surface area contributed by atoms with Crippen LogP contribution in [-0.4, -0.2) is 53.8 Å². The Kier molecular flexibility index (Phi) is 8.01. The van der Waals surface area contributed by atoms with E-state index in [2.05, 4.69) is 0 Å². The number of halogens is 1. The molecule has 25 heavy (non-hydrogen) atoms. The molecule has 1 heterocycles. The molecule has 0 aromatic carbocycles. The minimum atomic E-state index is 0. The Bertz CT molecular complexity index is 446. The van der Waals surface area contributed by atoms with E-state index in [1.54, 1.807) is 0 Å². The second-order valence-electron chi connectivity index (χ2n) is 8.02. The lowest BCUT2D eigenvalue weighted by Gasteiger charge is -2.36. The van der Waals surface area contributed by atoms with Gasteiger partial charge in [-0.3, -0.25) is 9.59 Å². The van der Waals surface area contributed by atoms with E-state index in [9.17, 15) is 9.59 Å². The van der Waals surface area contributed by atoms with Crippen LogP contribution in [0, 0.1) is 11.8 Å². The van der Waals surface area contributed by atoms with Crippen molar-refractivity contribution in [1.29, 1.82) is 0 Å². The van der Waals surface area contributed by atoms with Crippen LogP contribution in [0.15, 0.2) is 0 Å². The highest BCUT2D eigenvalue weighted by atomic mass is 35.5. The first kappa shape index (κ1) is 20.5. The highest BCUT2D eigenvalue weighted by Crippen LogP contribution is 2.28. The van der Waals surface area contributed by atoms with Crippen molar-refractivity contribution in [2.24, 2.45) is 17.6 Å². The third kappa shape index (κ3) is 5.58. The Labute approximate surface area is 158 Å². The topological polar surface area (TPSA) is 66.6 Å². The monoisotopic (exact) mass is 371 g/mol. The normalized spacial score (nSPS) is 27.9. The molecule has 2 unspecified atom stereocenters. The van der Waals surface area contributed by atoms with Gasteiger partial charge in [-0.2, -0.15) is 0 Å². The molecule has 0 aromatic heterocycles. The summed E-state index contributed by atoms with van der Waals surface area (Å²) in [5.74, 6) is 1.43. The highest BCUT2D eigenvalue weighted by molar-refractivity contribution is 5.85. The molecule has 0 radical (unpaired) electrons. The molecule has 2 N–H and O–H groups in total. The van der Waals surface area contributed by atoms with Gasteiger partial charge in [-0.25, -0.2) is 0 Å². The average Bonchev–Trinajstić information content (AvgIpc) is 3.06. The number of piperazine rings is 1. The van der Waals surface area contributed by atoms with Crippen molar-refractivity contribution in [2.75, 3.05) is 26.2 Å². The van der Waals surface area contributed by atoms with Gasteiger partial charge >= 0.3 is 0 Å². The van der Waals surface area contributed by atoms with Crippen molar-refractivity contribution in [3.8, 4) is 0 Å². The second-order valence-corrected chi connectivity index (χ2v) is 8.02. The van der Waals surface area contributed by atoms with E-state index >= 15 is 0 Å². The standard InChI is InChI=1S/C19H33N3O2.ClH/c20-17-8-7-16(14-17)19(24)22-12-10-21(11-13-22)18(23)9-6-15-4-2-1-3-5-15;/h15-17H,1-14,20H2;1H. The van der Waals surface area contributed by atoms with Crippen LogP contribution in [-0.2, 0) is 9.59 Å². The summed E-state index contributed by atoms with van der Waals surface area (Å²) < 4.78 is 0. The van der Waals surface area contributed by atoms with Gasteiger partial charge in [0, 0.05) is 44.6 Å². The molecule has 2 atom stereocenters. The molecule has 5 nitrogen and oxygen atoms in total. The Balaban J connectivity index is 0.00000225. The van der Waals surface area contributed by atoms with Gasteiger partial charge in [0.1, 0.15) is 0 Å². The van der Waals surface area contributed by atoms with E-state index < -0.39 is 0 Å². The molecule has 1 aliphatic heterocycles. The maximum Gasteiger partial charge on any atom is 0.225 e. The van der Waals surface area contributed by atoms with Crippen LogP contribution in [0.4, 0.5) is 0 Å². The minimum Gasteiger partial charge on any atom is -0.339 e. The van der Waals surface area contributed by atoms with Gasteiger partial charge in [-0.1, -0.05) is 32.1 Å². The number of hydrogen-bond acceptors (Lipinski definition) is 3. The molecule has 144 valence electrons. The van der Waals surface area contributed by atoms with Gasteiger partial charge in [0.05, 0.1) is 0 Å². The van der Waals surface area contributed by atoms with Crippen LogP contribution in [0.2, 0.25) is 0 Å². The van der Waals surface area contributed by atoms with Crippen LogP contribution >= 0.6 is 12.4 Å². The summed E-state index contributed by atoms with van der Waals surface area (Å²) in [7, 11) is 0. The predicted octanol–water partition coefficient (Wildman–Crippen LogP) is 2.57. The number of carbonyl (C=O) groups excluding carboxylic acids is 2. The molecule has 0 aromatic rings. The summed E-state index contributed by atoms with van der Waals surface area (Å²) in [5.41, 5.74) is 5.93. The van der Waals surface area contributed by atoms with Crippen molar-refractivity contribution in [3.63, 3.8) is 0 Å². The fourth-order valence-corrected chi connectivity index (χ4v) is 4.64. The maximum atomic E-state index is 12.5. The van der Waals surface area contributed by atoms with E-state index in [4.69, 9.17) is 5.73 Å². The molecule has 3 aliphatic rings. The molecule has 6 heteroatoms. The van der Waals surface area contributed by atoms with Gasteiger partial charge in [0.25, 0.3) is 0 Å². The molecule has 1 saturated heterocycles. The SMILES string of the molecule is Cl.NC1CCC(C(=O)N2CCN(C(=O)CCC3CCCCC3)CC2)C1. The molecule has 2 saturated carbocycles. The number of amides is 2. The zero-order valence-corrected chi connectivity index (χ0v) is 16.1. The first-order valence-electron chi connectivity index (χ1n) is 9.95. The Hall–Kier alpha value is -0.810. The van der Waals surface area contributed by atoms with E-state index in [-0.39, 0.29) is 36.2 Å². The number of nitrogens with two attached hydrogens (primary N) is 1. The predicted molar refractivity (Wildman–Crippen MR) is 102 cm³/mol. The first-order chi connectivity index (χ1) is 11.6. The van der Waals surface area contributed by atoms with Crippen molar-refractivity contribution in [3.05, 3.63) is 0 Å². The smallest absolute Gasteiger partial charge is 0.225 e. The van der Waals surface area contributed by atoms with E-state index in [1.165, 1.54) is 32.1 Å². The van der Waals surface area contributed by atoms with Gasteiger partial charge < -0.3 is 15.5 Å². The van der Waals surface area contributed by atoms with E-state index in [0.717, 1.165) is 31.6 Å². The summed E-state index contributed by atoms with van der Waals surface area (Å²) in [5, 5.41) is 0. The molecule has 2 amide bonds. The molecule has 0 bridgehead atoms. The Morgan fingerprint density at radius 1 is 0.880 bits per heavy atom. The first-order valence-corrected chi connectivity index (χ1v) is 9.95. The van der Waals surface area contributed by atoms with Crippen molar-refractivity contribution >= 4 is 24.2 Å². The van der Waals surface area contributed by atoms with E-state index in [1.807, 2.05) is 9.80 Å². The lowest BCUT2D eigenvalue weighted by Crippen LogP contribution is -2.51. The number of carbonyl (C=O) groups is 2. The van der Waals surface area contributed by atoms with E-state index in [0.29, 0.717) is 32.6 Å². The molecule has 3 rings (SSSR count). The zero-order chi connectivity index (χ0) is 16.9. The third-order valence-corrected chi connectivity index (χ3v) is 6.26. The van der Waals surface area contributed by atoms with Gasteiger partial charge in [0.2, 0.25) is 11.8 Å². The number of rotatable bonds is 4. The summed E-state index contributed by atoms with van der Waals surface area (Å²) in [6, 6.07) is 0.196. The lowest BCUT2D eigenvalue weighted by molar-refractivity contribution is -0.142.